The molecule has 32 heavy (non-hydrogen) atoms. The van der Waals surface area contributed by atoms with Gasteiger partial charge in [0.15, 0.2) is 0 Å². The van der Waals surface area contributed by atoms with Crippen LogP contribution in [0.15, 0.2) is 54.9 Å². The fourth-order valence-corrected chi connectivity index (χ4v) is 3.49. The van der Waals surface area contributed by atoms with E-state index in [1.165, 1.54) is 18.2 Å². The Kier molecular flexibility index (Phi) is 8.51. The molecule has 0 bridgehead atoms. The Morgan fingerprint density at radius 2 is 1.72 bits per heavy atom. The third kappa shape index (κ3) is 7.02. The second-order valence-electron chi connectivity index (χ2n) is 7.63. The summed E-state index contributed by atoms with van der Waals surface area (Å²) >= 11 is 0. The number of amides is 2. The van der Waals surface area contributed by atoms with E-state index >= 15 is 0 Å². The zero-order valence-electron chi connectivity index (χ0n) is 17.9. The smallest absolute Gasteiger partial charge is 0.335 e. The van der Waals surface area contributed by atoms with Crippen molar-refractivity contribution in [2.75, 3.05) is 39.3 Å². The van der Waals surface area contributed by atoms with Crippen LogP contribution in [-0.4, -0.2) is 76.9 Å². The van der Waals surface area contributed by atoms with Gasteiger partial charge in [0.05, 0.1) is 5.56 Å². The van der Waals surface area contributed by atoms with Crippen LogP contribution < -0.4 is 5.32 Å². The Bertz CT molecular complexity index is 936. The van der Waals surface area contributed by atoms with Crippen LogP contribution in [0.4, 0.5) is 0 Å². The van der Waals surface area contributed by atoms with E-state index < -0.39 is 5.97 Å². The van der Waals surface area contributed by atoms with Crippen molar-refractivity contribution in [3.05, 3.63) is 71.6 Å². The van der Waals surface area contributed by atoms with E-state index in [4.69, 9.17) is 5.11 Å². The van der Waals surface area contributed by atoms with Crippen LogP contribution >= 0.6 is 0 Å². The van der Waals surface area contributed by atoms with Crippen molar-refractivity contribution in [2.45, 2.75) is 12.8 Å². The number of aromatic nitrogens is 1. The van der Waals surface area contributed by atoms with E-state index in [9.17, 15) is 14.4 Å². The van der Waals surface area contributed by atoms with Crippen LogP contribution in [0.5, 0.6) is 0 Å². The minimum Gasteiger partial charge on any atom is -0.478 e. The molecule has 0 atom stereocenters. The summed E-state index contributed by atoms with van der Waals surface area (Å²) < 4.78 is 0. The highest BCUT2D eigenvalue weighted by Crippen LogP contribution is 2.11. The maximum atomic E-state index is 12.6. The fourth-order valence-electron chi connectivity index (χ4n) is 3.49. The molecule has 0 aliphatic carbocycles. The van der Waals surface area contributed by atoms with E-state index in [1.54, 1.807) is 35.5 Å². The molecule has 168 valence electrons. The second-order valence-corrected chi connectivity index (χ2v) is 7.63. The number of pyridine rings is 1. The summed E-state index contributed by atoms with van der Waals surface area (Å²) in [6.07, 6.45) is 8.51. The highest BCUT2D eigenvalue weighted by Gasteiger charge is 2.22. The molecule has 2 aromatic rings. The SMILES string of the molecule is O=C(/C=C\c1cccnc1)NCCCCN1CCN(C(=O)c2ccc(C(=O)O)cc2)CC1. The number of hydrogen-bond donors (Lipinski definition) is 2. The summed E-state index contributed by atoms with van der Waals surface area (Å²) in [6.45, 7) is 4.46. The highest BCUT2D eigenvalue weighted by molar-refractivity contribution is 5.96. The Labute approximate surface area is 187 Å². The lowest BCUT2D eigenvalue weighted by Crippen LogP contribution is -2.48. The molecule has 0 saturated carbocycles. The van der Waals surface area contributed by atoms with Gasteiger partial charge in [0.2, 0.25) is 5.91 Å². The van der Waals surface area contributed by atoms with E-state index in [0.29, 0.717) is 25.2 Å². The van der Waals surface area contributed by atoms with Gasteiger partial charge in [-0.05, 0) is 61.4 Å². The lowest BCUT2D eigenvalue weighted by Gasteiger charge is -2.34. The molecule has 2 amide bonds. The zero-order chi connectivity index (χ0) is 22.8. The average molecular weight is 437 g/mol. The first-order chi connectivity index (χ1) is 15.5. The largest absolute Gasteiger partial charge is 0.478 e. The number of nitrogens with zero attached hydrogens (tertiary/aromatic N) is 3. The molecule has 1 aliphatic heterocycles. The van der Waals surface area contributed by atoms with E-state index in [-0.39, 0.29) is 17.4 Å². The third-order valence-electron chi connectivity index (χ3n) is 5.35. The first kappa shape index (κ1) is 23.1. The van der Waals surface area contributed by atoms with Gasteiger partial charge in [-0.25, -0.2) is 4.79 Å². The summed E-state index contributed by atoms with van der Waals surface area (Å²) in [5, 5.41) is 11.9. The lowest BCUT2D eigenvalue weighted by atomic mass is 10.1. The van der Waals surface area contributed by atoms with Crippen LogP contribution in [0, 0.1) is 0 Å². The number of unbranched alkanes of at least 4 members (excludes halogenated alkanes) is 1. The van der Waals surface area contributed by atoms with Crippen molar-refractivity contribution in [3.8, 4) is 0 Å². The number of aromatic carboxylic acids is 1. The van der Waals surface area contributed by atoms with Crippen LogP contribution in [0.3, 0.4) is 0 Å². The van der Waals surface area contributed by atoms with E-state index in [2.05, 4.69) is 15.2 Å². The van der Waals surface area contributed by atoms with Crippen LogP contribution in [0.1, 0.15) is 39.1 Å². The Morgan fingerprint density at radius 3 is 2.38 bits per heavy atom. The van der Waals surface area contributed by atoms with Gasteiger partial charge in [-0.15, -0.1) is 0 Å². The molecule has 2 heterocycles. The maximum Gasteiger partial charge on any atom is 0.335 e. The van der Waals surface area contributed by atoms with Gasteiger partial charge in [0.1, 0.15) is 0 Å². The number of carboxylic acids is 1. The minimum absolute atomic E-state index is 0.0661. The molecule has 1 fully saturated rings. The van der Waals surface area contributed by atoms with Crippen molar-refractivity contribution < 1.29 is 19.5 Å². The van der Waals surface area contributed by atoms with Gasteiger partial charge >= 0.3 is 5.97 Å². The van der Waals surface area contributed by atoms with Crippen molar-refractivity contribution in [3.63, 3.8) is 0 Å². The summed E-state index contributed by atoms with van der Waals surface area (Å²) in [6, 6.07) is 9.76. The Balaban J connectivity index is 1.30. The average Bonchev–Trinajstić information content (AvgIpc) is 2.83. The maximum absolute atomic E-state index is 12.6. The molecule has 8 nitrogen and oxygen atoms in total. The molecule has 1 aromatic heterocycles. The second kappa shape index (κ2) is 11.8. The molecule has 1 saturated heterocycles. The first-order valence-electron chi connectivity index (χ1n) is 10.7. The topological polar surface area (TPSA) is 103 Å². The molecule has 2 N–H and O–H groups in total. The molecular weight excluding hydrogens is 408 g/mol. The molecule has 0 spiro atoms. The number of carbonyl (C=O) groups excluding carboxylic acids is 2. The Morgan fingerprint density at radius 1 is 1.00 bits per heavy atom. The van der Waals surface area contributed by atoms with E-state index in [1.807, 2.05) is 12.1 Å². The number of hydrogen-bond acceptors (Lipinski definition) is 5. The summed E-state index contributed by atoms with van der Waals surface area (Å²) in [5.41, 5.74) is 1.57. The van der Waals surface area contributed by atoms with Crippen LogP contribution in [0.25, 0.3) is 6.08 Å². The number of carboxylic acid groups (broad SMARTS) is 1. The number of carbonyl (C=O) groups is 3. The number of piperazine rings is 1. The van der Waals surface area contributed by atoms with Crippen LogP contribution in [0.2, 0.25) is 0 Å². The molecule has 1 aliphatic rings. The van der Waals surface area contributed by atoms with E-state index in [0.717, 1.165) is 38.0 Å². The van der Waals surface area contributed by atoms with Crippen molar-refractivity contribution in [1.29, 1.82) is 0 Å². The van der Waals surface area contributed by atoms with Crippen molar-refractivity contribution >= 4 is 23.9 Å². The standard InChI is InChI=1S/C24H28N4O4/c29-22(10-5-19-4-3-11-25-18-19)26-12-1-2-13-27-14-16-28(17-15-27)23(30)20-6-8-21(9-7-20)24(31)32/h3-11,18H,1-2,12-17H2,(H,26,29)(H,31,32)/b10-5-. The molecule has 3 rings (SSSR count). The van der Waals surface area contributed by atoms with Crippen LogP contribution in [-0.2, 0) is 4.79 Å². The van der Waals surface area contributed by atoms with Gasteiger partial charge in [-0.3, -0.25) is 19.5 Å². The van der Waals surface area contributed by atoms with Crippen molar-refractivity contribution in [1.82, 2.24) is 20.1 Å². The summed E-state index contributed by atoms with van der Waals surface area (Å²) in [4.78, 5) is 43.5. The zero-order valence-corrected chi connectivity index (χ0v) is 17.9. The molecular formula is C24H28N4O4. The number of nitrogens with one attached hydrogen (secondary N) is 1. The van der Waals surface area contributed by atoms with Gasteiger partial charge in [0, 0.05) is 56.8 Å². The Hall–Kier alpha value is -3.52. The molecule has 1 aromatic carbocycles. The molecule has 8 heteroatoms. The molecule has 0 radical (unpaired) electrons. The predicted octanol–water partition coefficient (Wildman–Crippen LogP) is 2.15. The first-order valence-corrected chi connectivity index (χ1v) is 10.7. The number of benzene rings is 1. The number of rotatable bonds is 9. The fraction of sp³-hybridized carbons (Fsp3) is 0.333. The minimum atomic E-state index is -1.00. The summed E-state index contributed by atoms with van der Waals surface area (Å²) in [7, 11) is 0. The summed E-state index contributed by atoms with van der Waals surface area (Å²) in [5.74, 6) is -1.18. The van der Waals surface area contributed by atoms with Gasteiger partial charge < -0.3 is 15.3 Å². The quantitative estimate of drug-likeness (QED) is 0.461. The molecule has 0 unspecified atom stereocenters. The van der Waals surface area contributed by atoms with Gasteiger partial charge in [0.25, 0.3) is 5.91 Å². The van der Waals surface area contributed by atoms with Gasteiger partial charge in [-0.1, -0.05) is 6.07 Å². The monoisotopic (exact) mass is 436 g/mol. The normalized spacial score (nSPS) is 14.4. The highest BCUT2D eigenvalue weighted by atomic mass is 16.4. The van der Waals surface area contributed by atoms with Crippen molar-refractivity contribution in [2.24, 2.45) is 0 Å². The lowest BCUT2D eigenvalue weighted by molar-refractivity contribution is -0.116. The van der Waals surface area contributed by atoms with Gasteiger partial charge in [-0.2, -0.15) is 0 Å². The third-order valence-corrected chi connectivity index (χ3v) is 5.35. The predicted molar refractivity (Wildman–Crippen MR) is 121 cm³/mol.